The molecule has 0 unspecified atom stereocenters. The van der Waals surface area contributed by atoms with Crippen LogP contribution in [0.1, 0.15) is 27.7 Å². The molecule has 0 amide bonds. The van der Waals surface area contributed by atoms with Gasteiger partial charge in [0, 0.05) is 14.1 Å². The Labute approximate surface area is 121 Å². The van der Waals surface area contributed by atoms with Gasteiger partial charge in [-0.2, -0.15) is 0 Å². The normalized spacial score (nSPS) is 20.7. The number of hydrogen-bond acceptors (Lipinski definition) is 3. The van der Waals surface area contributed by atoms with Gasteiger partial charge in [0.25, 0.3) is 0 Å². The van der Waals surface area contributed by atoms with Gasteiger partial charge in [0.05, 0.1) is 21.9 Å². The summed E-state index contributed by atoms with van der Waals surface area (Å²) in [7, 11) is 3.59. The minimum Gasteiger partial charge on any atom is -0.399 e. The van der Waals surface area contributed by atoms with E-state index in [4.69, 9.17) is 20.9 Å². The molecule has 0 saturated carbocycles. The molecular weight excluding hydrogens is 260 g/mol. The van der Waals surface area contributed by atoms with Crippen molar-refractivity contribution in [3.8, 4) is 0 Å². The Balaban J connectivity index is 2.32. The van der Waals surface area contributed by atoms with E-state index in [0.717, 1.165) is 16.2 Å². The molecule has 1 aromatic rings. The predicted octanol–water partition coefficient (Wildman–Crippen LogP) is 2.71. The molecule has 0 bridgehead atoms. The molecule has 1 fully saturated rings. The molecular formula is C14H21BClNO2. The lowest BCUT2D eigenvalue weighted by Crippen LogP contribution is -2.41. The van der Waals surface area contributed by atoms with Crippen molar-refractivity contribution in [2.75, 3.05) is 19.0 Å². The molecule has 3 nitrogen and oxygen atoms in total. The lowest BCUT2D eigenvalue weighted by molar-refractivity contribution is 0.00578. The molecule has 1 aromatic carbocycles. The second-order valence-electron chi connectivity index (χ2n) is 6.19. The van der Waals surface area contributed by atoms with E-state index >= 15 is 0 Å². The number of halogens is 1. The summed E-state index contributed by atoms with van der Waals surface area (Å²) in [5, 5.41) is 0.727. The van der Waals surface area contributed by atoms with Gasteiger partial charge in [0.15, 0.2) is 0 Å². The average molecular weight is 282 g/mol. The van der Waals surface area contributed by atoms with Crippen molar-refractivity contribution >= 4 is 29.9 Å². The van der Waals surface area contributed by atoms with Crippen LogP contribution in [-0.2, 0) is 9.31 Å². The summed E-state index contributed by atoms with van der Waals surface area (Å²) in [6, 6.07) is 5.86. The van der Waals surface area contributed by atoms with E-state index in [9.17, 15) is 0 Å². The summed E-state index contributed by atoms with van der Waals surface area (Å²) in [6.45, 7) is 8.21. The van der Waals surface area contributed by atoms with Gasteiger partial charge in [-0.05, 0) is 45.3 Å². The number of benzene rings is 1. The van der Waals surface area contributed by atoms with Crippen LogP contribution in [0.4, 0.5) is 5.69 Å². The van der Waals surface area contributed by atoms with Crippen molar-refractivity contribution < 1.29 is 9.31 Å². The monoisotopic (exact) mass is 281 g/mol. The van der Waals surface area contributed by atoms with Crippen molar-refractivity contribution in [1.29, 1.82) is 0 Å². The van der Waals surface area contributed by atoms with E-state index in [0.29, 0.717) is 0 Å². The van der Waals surface area contributed by atoms with Crippen molar-refractivity contribution in [2.24, 2.45) is 0 Å². The largest absolute Gasteiger partial charge is 0.494 e. The van der Waals surface area contributed by atoms with E-state index in [-0.39, 0.29) is 18.3 Å². The zero-order valence-electron chi connectivity index (χ0n) is 12.5. The van der Waals surface area contributed by atoms with Crippen LogP contribution in [0.5, 0.6) is 0 Å². The summed E-state index contributed by atoms with van der Waals surface area (Å²) in [6.07, 6.45) is 0. The van der Waals surface area contributed by atoms with Crippen LogP contribution in [0.2, 0.25) is 5.02 Å². The number of nitrogens with zero attached hydrogens (tertiary/aromatic N) is 1. The predicted molar refractivity (Wildman–Crippen MR) is 81.5 cm³/mol. The Hall–Kier alpha value is -0.705. The van der Waals surface area contributed by atoms with Crippen molar-refractivity contribution in [1.82, 2.24) is 0 Å². The second-order valence-corrected chi connectivity index (χ2v) is 6.60. The molecule has 1 saturated heterocycles. The van der Waals surface area contributed by atoms with E-state index < -0.39 is 0 Å². The second kappa shape index (κ2) is 4.69. The third-order valence-corrected chi connectivity index (χ3v) is 4.30. The lowest BCUT2D eigenvalue weighted by atomic mass is 9.79. The fraction of sp³-hybridized carbons (Fsp3) is 0.571. The fourth-order valence-electron chi connectivity index (χ4n) is 2.00. The molecule has 0 N–H and O–H groups in total. The standard InChI is InChI=1S/C14H21BClNO2/c1-13(2)14(3,4)19-15(18-13)10-7-8-11(16)12(9-10)17(5)6/h7-9H,1-6H3. The average Bonchev–Trinajstić information content (AvgIpc) is 2.48. The van der Waals surface area contributed by atoms with Crippen molar-refractivity contribution in [3.05, 3.63) is 23.2 Å². The van der Waals surface area contributed by atoms with E-state index in [2.05, 4.69) is 27.7 Å². The van der Waals surface area contributed by atoms with Crippen LogP contribution in [0.3, 0.4) is 0 Å². The van der Waals surface area contributed by atoms with Gasteiger partial charge in [-0.3, -0.25) is 0 Å². The highest BCUT2D eigenvalue weighted by atomic mass is 35.5. The molecule has 0 aliphatic carbocycles. The number of anilines is 1. The summed E-state index contributed by atoms with van der Waals surface area (Å²) in [5.41, 5.74) is 1.31. The Kier molecular flexibility index (Phi) is 3.63. The summed E-state index contributed by atoms with van der Waals surface area (Å²) >= 11 is 6.19. The molecule has 0 aromatic heterocycles. The molecule has 104 valence electrons. The number of hydrogen-bond donors (Lipinski definition) is 0. The molecule has 1 aliphatic heterocycles. The van der Waals surface area contributed by atoms with Crippen LogP contribution in [0.25, 0.3) is 0 Å². The van der Waals surface area contributed by atoms with Gasteiger partial charge < -0.3 is 14.2 Å². The minimum atomic E-state index is -0.346. The van der Waals surface area contributed by atoms with E-state index in [1.165, 1.54) is 0 Å². The van der Waals surface area contributed by atoms with Crippen molar-refractivity contribution in [2.45, 2.75) is 38.9 Å². The maximum atomic E-state index is 6.19. The van der Waals surface area contributed by atoms with Crippen LogP contribution in [0, 0.1) is 0 Å². The molecule has 0 atom stereocenters. The molecule has 5 heteroatoms. The third kappa shape index (κ3) is 2.62. The highest BCUT2D eigenvalue weighted by Crippen LogP contribution is 2.36. The van der Waals surface area contributed by atoms with Crippen LogP contribution >= 0.6 is 11.6 Å². The Morgan fingerprint density at radius 2 is 1.58 bits per heavy atom. The third-order valence-electron chi connectivity index (χ3n) is 3.98. The van der Waals surface area contributed by atoms with Gasteiger partial charge in [-0.25, -0.2) is 0 Å². The van der Waals surface area contributed by atoms with Gasteiger partial charge in [0.1, 0.15) is 0 Å². The summed E-state index contributed by atoms with van der Waals surface area (Å²) in [4.78, 5) is 1.98. The maximum Gasteiger partial charge on any atom is 0.494 e. The first-order valence-electron chi connectivity index (χ1n) is 6.46. The SMILES string of the molecule is CN(C)c1cc(B2OC(C)(C)C(C)(C)O2)ccc1Cl. The highest BCUT2D eigenvalue weighted by Gasteiger charge is 2.51. The molecule has 2 rings (SSSR count). The van der Waals surface area contributed by atoms with Crippen LogP contribution in [0.15, 0.2) is 18.2 Å². The van der Waals surface area contributed by atoms with Crippen molar-refractivity contribution in [3.63, 3.8) is 0 Å². The minimum absolute atomic E-state index is 0.324. The highest BCUT2D eigenvalue weighted by molar-refractivity contribution is 6.62. The Morgan fingerprint density at radius 3 is 2.05 bits per heavy atom. The molecule has 0 spiro atoms. The fourth-order valence-corrected chi connectivity index (χ4v) is 2.28. The van der Waals surface area contributed by atoms with Gasteiger partial charge in [0.2, 0.25) is 0 Å². The maximum absolute atomic E-state index is 6.19. The van der Waals surface area contributed by atoms with Gasteiger partial charge in [-0.15, -0.1) is 0 Å². The van der Waals surface area contributed by atoms with E-state index in [1.54, 1.807) is 0 Å². The quantitative estimate of drug-likeness (QED) is 0.778. The topological polar surface area (TPSA) is 21.7 Å². The van der Waals surface area contributed by atoms with Gasteiger partial charge in [-0.1, -0.05) is 17.7 Å². The molecule has 1 aliphatic rings. The number of rotatable bonds is 2. The van der Waals surface area contributed by atoms with Gasteiger partial charge >= 0.3 is 7.12 Å². The zero-order chi connectivity index (χ0) is 14.4. The first-order valence-corrected chi connectivity index (χ1v) is 6.84. The first kappa shape index (κ1) is 14.7. The van der Waals surface area contributed by atoms with E-state index in [1.807, 2.05) is 37.2 Å². The van der Waals surface area contributed by atoms with Crippen LogP contribution < -0.4 is 10.4 Å². The Bertz CT molecular complexity index is 472. The summed E-state index contributed by atoms with van der Waals surface area (Å²) < 4.78 is 12.1. The summed E-state index contributed by atoms with van der Waals surface area (Å²) in [5.74, 6) is 0. The molecule has 1 heterocycles. The smallest absolute Gasteiger partial charge is 0.399 e. The first-order chi connectivity index (χ1) is 8.64. The molecule has 19 heavy (non-hydrogen) atoms. The lowest BCUT2D eigenvalue weighted by Gasteiger charge is -2.32. The Morgan fingerprint density at radius 1 is 1.05 bits per heavy atom. The zero-order valence-corrected chi connectivity index (χ0v) is 13.2. The van der Waals surface area contributed by atoms with Crippen LogP contribution in [-0.4, -0.2) is 32.4 Å². The molecule has 0 radical (unpaired) electrons.